The highest BCUT2D eigenvalue weighted by molar-refractivity contribution is 6.18. The van der Waals surface area contributed by atoms with E-state index < -0.39 is 6.10 Å². The molecule has 0 aromatic rings. The molecule has 1 N–H and O–H groups in total. The van der Waals surface area contributed by atoms with E-state index >= 15 is 0 Å². The van der Waals surface area contributed by atoms with E-state index in [1.54, 1.807) is 0 Å². The van der Waals surface area contributed by atoms with Gasteiger partial charge in [-0.05, 0) is 6.92 Å². The molecule has 0 bridgehead atoms. The molecular formula is C3H6ClO. The van der Waals surface area contributed by atoms with Gasteiger partial charge in [-0.25, -0.2) is 0 Å². The van der Waals surface area contributed by atoms with Crippen molar-refractivity contribution in [3.63, 3.8) is 0 Å². The predicted molar refractivity (Wildman–Crippen MR) is 22.1 cm³/mol. The van der Waals surface area contributed by atoms with Crippen LogP contribution in [0.4, 0.5) is 0 Å². The lowest BCUT2D eigenvalue weighted by Gasteiger charge is -1.88. The number of aliphatic hydroxyl groups is 1. The SMILES string of the molecule is [CH2]C(O)CCl. The molecule has 0 aromatic carbocycles. The number of alkyl halides is 1. The summed E-state index contributed by atoms with van der Waals surface area (Å²) in [5.41, 5.74) is 0. The summed E-state index contributed by atoms with van der Waals surface area (Å²) in [6.07, 6.45) is -0.600. The van der Waals surface area contributed by atoms with Gasteiger partial charge >= 0.3 is 0 Å². The lowest BCUT2D eigenvalue weighted by atomic mass is 10.5. The molecule has 1 nitrogen and oxygen atoms in total. The number of rotatable bonds is 1. The number of halogens is 1. The largest absolute Gasteiger partial charge is 0.392 e. The Hall–Kier alpha value is 0.250. The first-order chi connectivity index (χ1) is 2.27. The van der Waals surface area contributed by atoms with Gasteiger partial charge in [-0.3, -0.25) is 0 Å². The molecule has 0 aliphatic heterocycles. The fraction of sp³-hybridized carbons (Fsp3) is 0.667. The summed E-state index contributed by atoms with van der Waals surface area (Å²) in [4.78, 5) is 0. The van der Waals surface area contributed by atoms with Gasteiger partial charge in [0.15, 0.2) is 0 Å². The minimum atomic E-state index is -0.600. The summed E-state index contributed by atoms with van der Waals surface area (Å²) in [6, 6.07) is 0. The van der Waals surface area contributed by atoms with Crippen molar-refractivity contribution in [2.24, 2.45) is 0 Å². The zero-order chi connectivity index (χ0) is 4.28. The van der Waals surface area contributed by atoms with E-state index in [1.807, 2.05) is 0 Å². The molecule has 1 atom stereocenters. The molecule has 31 valence electrons. The fourth-order valence-corrected chi connectivity index (χ4v) is 0. The quantitative estimate of drug-likeness (QED) is 0.466. The average Bonchev–Trinajstić information content (AvgIpc) is 1.38. The van der Waals surface area contributed by atoms with Gasteiger partial charge in [0, 0.05) is 5.88 Å². The number of hydrogen-bond acceptors (Lipinski definition) is 1. The smallest absolute Gasteiger partial charge is 0.0676 e. The second-order valence-corrected chi connectivity index (χ2v) is 1.12. The Balaban J connectivity index is 2.54. The third-order valence-corrected chi connectivity index (χ3v) is 0.534. The normalized spacial score (nSPS) is 15.0. The van der Waals surface area contributed by atoms with Crippen LogP contribution in [-0.4, -0.2) is 17.1 Å². The maximum absolute atomic E-state index is 8.12. The van der Waals surface area contributed by atoms with Crippen molar-refractivity contribution in [3.05, 3.63) is 6.92 Å². The monoisotopic (exact) mass is 93.0 g/mol. The second kappa shape index (κ2) is 2.49. The first-order valence-electron chi connectivity index (χ1n) is 1.34. The van der Waals surface area contributed by atoms with E-state index in [9.17, 15) is 0 Å². The molecule has 0 amide bonds. The van der Waals surface area contributed by atoms with Gasteiger partial charge in [0.1, 0.15) is 0 Å². The van der Waals surface area contributed by atoms with Crippen molar-refractivity contribution in [2.75, 3.05) is 5.88 Å². The van der Waals surface area contributed by atoms with Crippen LogP contribution < -0.4 is 0 Å². The van der Waals surface area contributed by atoms with E-state index in [0.29, 0.717) is 0 Å². The van der Waals surface area contributed by atoms with E-state index in [1.165, 1.54) is 0 Å². The predicted octanol–water partition coefficient (Wildman–Crippen LogP) is 0.420. The van der Waals surface area contributed by atoms with Crippen LogP contribution in [0.5, 0.6) is 0 Å². The molecule has 0 saturated heterocycles. The van der Waals surface area contributed by atoms with Crippen molar-refractivity contribution >= 4 is 11.6 Å². The van der Waals surface area contributed by atoms with Crippen LogP contribution in [-0.2, 0) is 0 Å². The summed E-state index contributed by atoms with van der Waals surface area (Å²) in [7, 11) is 0. The Labute approximate surface area is 36.6 Å². The molecule has 2 heteroatoms. The molecule has 0 aliphatic carbocycles. The number of aliphatic hydroxyl groups excluding tert-OH is 1. The summed E-state index contributed by atoms with van der Waals surface area (Å²) in [6.45, 7) is 3.18. The molecule has 1 radical (unpaired) electrons. The van der Waals surface area contributed by atoms with Crippen LogP contribution >= 0.6 is 11.6 Å². The topological polar surface area (TPSA) is 20.2 Å². The zero-order valence-electron chi connectivity index (χ0n) is 2.82. The first kappa shape index (κ1) is 5.25. The maximum Gasteiger partial charge on any atom is 0.0676 e. The van der Waals surface area contributed by atoms with Gasteiger partial charge < -0.3 is 5.11 Å². The molecule has 5 heavy (non-hydrogen) atoms. The van der Waals surface area contributed by atoms with Crippen LogP contribution in [0.15, 0.2) is 0 Å². The molecule has 1 unspecified atom stereocenters. The Morgan fingerprint density at radius 1 is 2.00 bits per heavy atom. The molecule has 0 aromatic heterocycles. The molecule has 0 saturated carbocycles. The summed E-state index contributed by atoms with van der Waals surface area (Å²) in [5.74, 6) is 0.222. The highest BCUT2D eigenvalue weighted by Gasteiger charge is 1.84. The Bertz CT molecular complexity index is 20.9. The standard InChI is InChI=1S/C3H6ClO/c1-3(5)2-4/h3,5H,1-2H2. The van der Waals surface area contributed by atoms with E-state index in [2.05, 4.69) is 6.92 Å². The van der Waals surface area contributed by atoms with Gasteiger partial charge in [0.25, 0.3) is 0 Å². The van der Waals surface area contributed by atoms with Crippen LogP contribution in [0.25, 0.3) is 0 Å². The van der Waals surface area contributed by atoms with Gasteiger partial charge in [-0.15, -0.1) is 11.6 Å². The van der Waals surface area contributed by atoms with Crippen molar-refractivity contribution < 1.29 is 5.11 Å². The van der Waals surface area contributed by atoms with Gasteiger partial charge in [-0.2, -0.15) is 0 Å². The molecule has 0 fully saturated rings. The fourth-order valence-electron chi connectivity index (χ4n) is 0. The van der Waals surface area contributed by atoms with Crippen LogP contribution in [0.3, 0.4) is 0 Å². The number of hydrogen-bond donors (Lipinski definition) is 1. The molecule has 0 aliphatic rings. The second-order valence-electron chi connectivity index (χ2n) is 0.808. The van der Waals surface area contributed by atoms with Crippen LogP contribution in [0.1, 0.15) is 0 Å². The van der Waals surface area contributed by atoms with Crippen molar-refractivity contribution in [1.82, 2.24) is 0 Å². The Morgan fingerprint density at radius 2 is 2.20 bits per heavy atom. The molecule has 0 heterocycles. The van der Waals surface area contributed by atoms with Crippen molar-refractivity contribution in [2.45, 2.75) is 6.10 Å². The lowest BCUT2D eigenvalue weighted by Crippen LogP contribution is -1.99. The van der Waals surface area contributed by atoms with Gasteiger partial charge in [0.05, 0.1) is 6.10 Å². The van der Waals surface area contributed by atoms with Crippen molar-refractivity contribution in [3.8, 4) is 0 Å². The maximum atomic E-state index is 8.12. The Morgan fingerprint density at radius 3 is 2.20 bits per heavy atom. The third kappa shape index (κ3) is 4.25. The first-order valence-corrected chi connectivity index (χ1v) is 1.88. The average molecular weight is 93.5 g/mol. The molecule has 0 rings (SSSR count). The van der Waals surface area contributed by atoms with Crippen LogP contribution in [0.2, 0.25) is 0 Å². The highest BCUT2D eigenvalue weighted by Crippen LogP contribution is 1.79. The Kier molecular flexibility index (Phi) is 2.61. The summed E-state index contributed by atoms with van der Waals surface area (Å²) >= 11 is 5.02. The molecular weight excluding hydrogens is 87.5 g/mol. The van der Waals surface area contributed by atoms with Gasteiger partial charge in [-0.1, -0.05) is 0 Å². The van der Waals surface area contributed by atoms with Crippen molar-refractivity contribution in [1.29, 1.82) is 0 Å². The highest BCUT2D eigenvalue weighted by atomic mass is 35.5. The minimum Gasteiger partial charge on any atom is -0.392 e. The minimum absolute atomic E-state index is 0.222. The summed E-state index contributed by atoms with van der Waals surface area (Å²) in [5, 5.41) is 8.12. The van der Waals surface area contributed by atoms with Crippen LogP contribution in [0, 0.1) is 6.92 Å². The molecule has 0 spiro atoms. The van der Waals surface area contributed by atoms with E-state index in [-0.39, 0.29) is 5.88 Å². The zero-order valence-corrected chi connectivity index (χ0v) is 3.57. The van der Waals surface area contributed by atoms with Gasteiger partial charge in [0.2, 0.25) is 0 Å². The summed E-state index contributed by atoms with van der Waals surface area (Å²) < 4.78 is 0. The van der Waals surface area contributed by atoms with E-state index in [0.717, 1.165) is 0 Å². The third-order valence-electron chi connectivity index (χ3n) is 0.178. The lowest BCUT2D eigenvalue weighted by molar-refractivity contribution is 0.245. The van der Waals surface area contributed by atoms with E-state index in [4.69, 9.17) is 16.7 Å².